The number of pyridine rings is 1. The number of nitrogens with two attached hydrogens (primary N) is 1. The first kappa shape index (κ1) is 17.8. The molecule has 0 radical (unpaired) electrons. The van der Waals surface area contributed by atoms with E-state index in [0.717, 1.165) is 11.1 Å². The Labute approximate surface area is 165 Å². The van der Waals surface area contributed by atoms with Crippen molar-refractivity contribution in [2.24, 2.45) is 5.73 Å². The number of carbonyl (C=O) groups is 2. The van der Waals surface area contributed by atoms with Gasteiger partial charge in [-0.05, 0) is 47.5 Å². The van der Waals surface area contributed by atoms with Crippen LogP contribution in [0.1, 0.15) is 20.8 Å². The van der Waals surface area contributed by atoms with Gasteiger partial charge in [0.15, 0.2) is 0 Å². The number of para-hydroxylation sites is 1. The van der Waals surface area contributed by atoms with Crippen LogP contribution in [0.15, 0.2) is 73.1 Å². The number of halogens is 1. The quantitative estimate of drug-likeness (QED) is 0.551. The smallest absolute Gasteiger partial charge is 0.274 e. The van der Waals surface area contributed by atoms with Crippen LogP contribution in [0.3, 0.4) is 0 Å². The van der Waals surface area contributed by atoms with Gasteiger partial charge < -0.3 is 11.1 Å². The van der Waals surface area contributed by atoms with Crippen molar-refractivity contribution in [1.82, 2.24) is 9.38 Å². The standard InChI is InChI=1S/C21H15ClN4O2/c22-16-3-1-2-4-17(16)25-21(28)18-11-24-19-10-9-15(12-26(18)19)13-5-7-14(8-6-13)20(23)27/h1-12H,(H2,23,27)(H,25,28). The van der Waals surface area contributed by atoms with E-state index in [-0.39, 0.29) is 5.91 Å². The molecule has 2 aromatic heterocycles. The molecule has 0 aliphatic heterocycles. The number of primary amides is 1. The van der Waals surface area contributed by atoms with Gasteiger partial charge in [-0.2, -0.15) is 0 Å². The van der Waals surface area contributed by atoms with Gasteiger partial charge in [-0.3, -0.25) is 14.0 Å². The molecule has 7 heteroatoms. The molecule has 2 amide bonds. The van der Waals surface area contributed by atoms with E-state index >= 15 is 0 Å². The van der Waals surface area contributed by atoms with Crippen molar-refractivity contribution in [2.75, 3.05) is 5.32 Å². The first-order valence-electron chi connectivity index (χ1n) is 8.46. The molecule has 0 fully saturated rings. The van der Waals surface area contributed by atoms with E-state index in [1.54, 1.807) is 40.8 Å². The number of hydrogen-bond donors (Lipinski definition) is 2. The molecule has 3 N–H and O–H groups in total. The lowest BCUT2D eigenvalue weighted by molar-refractivity contribution is 0.0997. The van der Waals surface area contributed by atoms with Crippen LogP contribution in [0.25, 0.3) is 16.8 Å². The lowest BCUT2D eigenvalue weighted by Gasteiger charge is -2.08. The lowest BCUT2D eigenvalue weighted by atomic mass is 10.1. The van der Waals surface area contributed by atoms with E-state index in [4.69, 9.17) is 17.3 Å². The third-order valence-corrected chi connectivity index (χ3v) is 4.69. The van der Waals surface area contributed by atoms with Gasteiger partial charge in [-0.15, -0.1) is 0 Å². The number of anilines is 1. The van der Waals surface area contributed by atoms with Gasteiger partial charge in [-0.1, -0.05) is 35.9 Å². The molecule has 0 saturated heterocycles. The van der Waals surface area contributed by atoms with Gasteiger partial charge in [0.1, 0.15) is 11.3 Å². The molecule has 2 aromatic carbocycles. The van der Waals surface area contributed by atoms with E-state index < -0.39 is 5.91 Å². The van der Waals surface area contributed by atoms with Crippen LogP contribution in [-0.4, -0.2) is 21.2 Å². The molecule has 0 saturated carbocycles. The Morgan fingerprint density at radius 2 is 1.68 bits per heavy atom. The summed E-state index contributed by atoms with van der Waals surface area (Å²) >= 11 is 6.12. The van der Waals surface area contributed by atoms with Crippen LogP contribution in [0.4, 0.5) is 5.69 Å². The first-order chi connectivity index (χ1) is 13.5. The molecule has 0 aliphatic carbocycles. The molecule has 0 atom stereocenters. The summed E-state index contributed by atoms with van der Waals surface area (Å²) in [4.78, 5) is 28.2. The summed E-state index contributed by atoms with van der Waals surface area (Å²) in [6, 6.07) is 17.7. The Bertz CT molecular complexity index is 1200. The monoisotopic (exact) mass is 390 g/mol. The van der Waals surface area contributed by atoms with Gasteiger partial charge in [0, 0.05) is 11.8 Å². The van der Waals surface area contributed by atoms with Crippen molar-refractivity contribution in [3.8, 4) is 11.1 Å². The number of carbonyl (C=O) groups excluding carboxylic acids is 2. The summed E-state index contributed by atoms with van der Waals surface area (Å²) in [5, 5.41) is 3.26. The average molecular weight is 391 g/mol. The van der Waals surface area contributed by atoms with E-state index in [2.05, 4.69) is 10.3 Å². The zero-order valence-corrected chi connectivity index (χ0v) is 15.4. The van der Waals surface area contributed by atoms with Crippen LogP contribution in [0, 0.1) is 0 Å². The van der Waals surface area contributed by atoms with Gasteiger partial charge in [-0.25, -0.2) is 4.98 Å². The SMILES string of the molecule is NC(=O)c1ccc(-c2ccc3ncc(C(=O)Nc4ccccc4Cl)n3c2)cc1. The Hall–Kier alpha value is -3.64. The molecule has 0 spiro atoms. The predicted octanol–water partition coefficient (Wildman–Crippen LogP) is 4.01. The summed E-state index contributed by atoms with van der Waals surface area (Å²) in [6.07, 6.45) is 3.34. The van der Waals surface area contributed by atoms with E-state index in [9.17, 15) is 9.59 Å². The number of fused-ring (bicyclic) bond motifs is 1. The summed E-state index contributed by atoms with van der Waals surface area (Å²) < 4.78 is 1.71. The highest BCUT2D eigenvalue weighted by Gasteiger charge is 2.14. The number of benzene rings is 2. The second kappa shape index (κ2) is 7.17. The van der Waals surface area contributed by atoms with Gasteiger partial charge in [0.25, 0.3) is 5.91 Å². The van der Waals surface area contributed by atoms with Crippen LogP contribution < -0.4 is 11.1 Å². The molecule has 4 rings (SSSR count). The van der Waals surface area contributed by atoms with E-state index in [0.29, 0.717) is 27.6 Å². The second-order valence-electron chi connectivity index (χ2n) is 6.16. The molecule has 0 bridgehead atoms. The number of amides is 2. The summed E-state index contributed by atoms with van der Waals surface area (Å²) in [6.45, 7) is 0. The predicted molar refractivity (Wildman–Crippen MR) is 109 cm³/mol. The largest absolute Gasteiger partial charge is 0.366 e. The fourth-order valence-corrected chi connectivity index (χ4v) is 3.08. The molecule has 2 heterocycles. The van der Waals surface area contributed by atoms with E-state index in [1.807, 2.05) is 30.5 Å². The Balaban J connectivity index is 1.69. The highest BCUT2D eigenvalue weighted by molar-refractivity contribution is 6.33. The maximum absolute atomic E-state index is 12.7. The number of nitrogens with one attached hydrogen (secondary N) is 1. The van der Waals surface area contributed by atoms with Crippen LogP contribution in [0.2, 0.25) is 5.02 Å². The summed E-state index contributed by atoms with van der Waals surface area (Å²) in [7, 11) is 0. The maximum atomic E-state index is 12.7. The number of nitrogens with zero attached hydrogens (tertiary/aromatic N) is 2. The van der Waals surface area contributed by atoms with E-state index in [1.165, 1.54) is 6.20 Å². The zero-order chi connectivity index (χ0) is 19.7. The second-order valence-corrected chi connectivity index (χ2v) is 6.57. The van der Waals surface area contributed by atoms with Crippen LogP contribution in [0.5, 0.6) is 0 Å². The van der Waals surface area contributed by atoms with Crippen molar-refractivity contribution in [1.29, 1.82) is 0 Å². The molecule has 0 unspecified atom stereocenters. The minimum atomic E-state index is -0.477. The molecule has 138 valence electrons. The Kier molecular flexibility index (Phi) is 4.55. The minimum absolute atomic E-state index is 0.318. The zero-order valence-electron chi connectivity index (χ0n) is 14.6. The number of rotatable bonds is 4. The van der Waals surface area contributed by atoms with Crippen LogP contribution in [-0.2, 0) is 0 Å². The van der Waals surface area contributed by atoms with Crippen molar-refractivity contribution in [3.63, 3.8) is 0 Å². The molecular formula is C21H15ClN4O2. The fourth-order valence-electron chi connectivity index (χ4n) is 2.90. The van der Waals surface area contributed by atoms with Gasteiger partial charge in [0.05, 0.1) is 16.9 Å². The summed E-state index contributed by atoms with van der Waals surface area (Å²) in [5.74, 6) is -0.794. The summed E-state index contributed by atoms with van der Waals surface area (Å²) in [5.41, 5.74) is 9.03. The lowest BCUT2D eigenvalue weighted by Crippen LogP contribution is -2.14. The van der Waals surface area contributed by atoms with Crippen molar-refractivity contribution in [3.05, 3.63) is 89.3 Å². The molecule has 4 aromatic rings. The number of imidazole rings is 1. The highest BCUT2D eigenvalue weighted by atomic mass is 35.5. The molecule has 6 nitrogen and oxygen atoms in total. The molecule has 0 aliphatic rings. The van der Waals surface area contributed by atoms with Crippen LogP contribution >= 0.6 is 11.6 Å². The minimum Gasteiger partial charge on any atom is -0.366 e. The van der Waals surface area contributed by atoms with Gasteiger partial charge in [0.2, 0.25) is 5.91 Å². The topological polar surface area (TPSA) is 89.5 Å². The third kappa shape index (κ3) is 3.33. The van der Waals surface area contributed by atoms with Crippen molar-refractivity contribution in [2.45, 2.75) is 0 Å². The Morgan fingerprint density at radius 1 is 0.964 bits per heavy atom. The molecular weight excluding hydrogens is 376 g/mol. The van der Waals surface area contributed by atoms with Crippen molar-refractivity contribution < 1.29 is 9.59 Å². The number of aromatic nitrogens is 2. The van der Waals surface area contributed by atoms with Gasteiger partial charge >= 0.3 is 0 Å². The first-order valence-corrected chi connectivity index (χ1v) is 8.84. The third-order valence-electron chi connectivity index (χ3n) is 4.36. The Morgan fingerprint density at radius 3 is 2.39 bits per heavy atom. The highest BCUT2D eigenvalue weighted by Crippen LogP contribution is 2.23. The average Bonchev–Trinajstić information content (AvgIpc) is 3.13. The normalized spacial score (nSPS) is 10.8. The number of hydrogen-bond acceptors (Lipinski definition) is 3. The van der Waals surface area contributed by atoms with Crippen molar-refractivity contribution >= 4 is 34.7 Å². The maximum Gasteiger partial charge on any atom is 0.274 e. The fraction of sp³-hybridized carbons (Fsp3) is 0. The molecule has 28 heavy (non-hydrogen) atoms.